The first-order chi connectivity index (χ1) is 11.6. The smallest absolute Gasteiger partial charge is 0.255 e. The van der Waals surface area contributed by atoms with E-state index >= 15 is 0 Å². The minimum atomic E-state index is 0.0204. The van der Waals surface area contributed by atoms with Crippen molar-refractivity contribution < 1.29 is 4.79 Å². The summed E-state index contributed by atoms with van der Waals surface area (Å²) < 4.78 is 1.71. The van der Waals surface area contributed by atoms with Crippen LogP contribution in [0.15, 0.2) is 24.5 Å². The Bertz CT molecular complexity index is 730. The van der Waals surface area contributed by atoms with Crippen molar-refractivity contribution in [2.24, 2.45) is 7.05 Å². The number of aromatic nitrogens is 3. The molecule has 1 atom stereocenters. The molecule has 0 unspecified atom stereocenters. The van der Waals surface area contributed by atoms with Crippen LogP contribution in [-0.2, 0) is 13.6 Å². The Morgan fingerprint density at radius 1 is 1.42 bits per heavy atom. The molecule has 0 saturated carbocycles. The van der Waals surface area contributed by atoms with Crippen LogP contribution in [0.25, 0.3) is 0 Å². The van der Waals surface area contributed by atoms with Crippen molar-refractivity contribution in [1.29, 1.82) is 0 Å². The second-order valence-corrected chi connectivity index (χ2v) is 6.60. The van der Waals surface area contributed by atoms with Crippen molar-refractivity contribution in [2.75, 3.05) is 11.9 Å². The molecule has 3 rings (SSSR count). The van der Waals surface area contributed by atoms with Crippen LogP contribution < -0.4 is 5.32 Å². The summed E-state index contributed by atoms with van der Waals surface area (Å²) in [6, 6.07) is 5.74. The van der Waals surface area contributed by atoms with Crippen molar-refractivity contribution >= 4 is 23.2 Å². The summed E-state index contributed by atoms with van der Waals surface area (Å²) in [6.45, 7) is 3.45. The molecule has 0 bridgehead atoms. The molecule has 2 aromatic rings. The molecule has 0 aliphatic carbocycles. The third-order valence-corrected chi connectivity index (χ3v) is 4.83. The lowest BCUT2D eigenvalue weighted by Gasteiger charge is -2.33. The molecule has 1 saturated heterocycles. The van der Waals surface area contributed by atoms with Crippen LogP contribution >= 0.6 is 11.6 Å². The molecule has 1 amide bonds. The molecule has 0 spiro atoms. The minimum absolute atomic E-state index is 0.0204. The molecule has 0 radical (unpaired) electrons. The van der Waals surface area contributed by atoms with E-state index in [1.807, 2.05) is 18.0 Å². The summed E-state index contributed by atoms with van der Waals surface area (Å²) in [6.07, 6.45) is 4.82. The van der Waals surface area contributed by atoms with E-state index in [9.17, 15) is 4.79 Å². The first kappa shape index (κ1) is 16.8. The van der Waals surface area contributed by atoms with Crippen molar-refractivity contribution in [3.05, 3.63) is 40.9 Å². The van der Waals surface area contributed by atoms with Crippen LogP contribution in [0.5, 0.6) is 0 Å². The Morgan fingerprint density at radius 3 is 2.92 bits per heavy atom. The number of amides is 1. The van der Waals surface area contributed by atoms with E-state index < -0.39 is 0 Å². The molecule has 6 nitrogen and oxygen atoms in total. The average Bonchev–Trinajstić information content (AvgIpc) is 2.98. The van der Waals surface area contributed by atoms with Gasteiger partial charge in [0.15, 0.2) is 0 Å². The zero-order valence-corrected chi connectivity index (χ0v) is 14.8. The zero-order chi connectivity index (χ0) is 17.1. The summed E-state index contributed by atoms with van der Waals surface area (Å²) in [4.78, 5) is 18.8. The lowest BCUT2D eigenvalue weighted by molar-refractivity contribution is 0.0636. The van der Waals surface area contributed by atoms with Gasteiger partial charge in [0.25, 0.3) is 5.91 Å². The van der Waals surface area contributed by atoms with Gasteiger partial charge in [0.2, 0.25) is 0 Å². The van der Waals surface area contributed by atoms with E-state index in [4.69, 9.17) is 11.6 Å². The highest BCUT2D eigenvalue weighted by atomic mass is 35.5. The molecular formula is C17H22ClN5O. The van der Waals surface area contributed by atoms with Crippen molar-refractivity contribution in [3.63, 3.8) is 0 Å². The number of likely N-dealkylation sites (tertiary alicyclic amines) is 1. The van der Waals surface area contributed by atoms with Crippen molar-refractivity contribution in [3.8, 4) is 0 Å². The van der Waals surface area contributed by atoms with Crippen molar-refractivity contribution in [2.45, 2.75) is 38.8 Å². The number of hydrogen-bond acceptors (Lipinski definition) is 4. The predicted molar refractivity (Wildman–Crippen MR) is 94.1 cm³/mol. The number of halogens is 1. The number of piperidine rings is 1. The highest BCUT2D eigenvalue weighted by Gasteiger charge is 2.25. The highest BCUT2D eigenvalue weighted by molar-refractivity contribution is 6.34. The number of rotatable bonds is 4. The third kappa shape index (κ3) is 3.53. The van der Waals surface area contributed by atoms with Gasteiger partial charge in [-0.25, -0.2) is 4.98 Å². The van der Waals surface area contributed by atoms with Crippen molar-refractivity contribution in [1.82, 2.24) is 19.7 Å². The topological polar surface area (TPSA) is 63.1 Å². The number of carbonyl (C=O) groups excluding carboxylic acids is 1. The minimum Gasteiger partial charge on any atom is -0.378 e. The number of carbonyl (C=O) groups is 1. The van der Waals surface area contributed by atoms with Crippen LogP contribution in [-0.4, -0.2) is 38.2 Å². The fourth-order valence-electron chi connectivity index (χ4n) is 3.01. The predicted octanol–water partition coefficient (Wildman–Crippen LogP) is 3.10. The summed E-state index contributed by atoms with van der Waals surface area (Å²) in [7, 11) is 1.85. The lowest BCUT2D eigenvalue weighted by atomic mass is 10.0. The zero-order valence-electron chi connectivity index (χ0n) is 14.0. The molecule has 128 valence electrons. The van der Waals surface area contributed by atoms with Gasteiger partial charge in [-0.2, -0.15) is 5.10 Å². The van der Waals surface area contributed by atoms with Gasteiger partial charge >= 0.3 is 0 Å². The normalized spacial score (nSPS) is 17.8. The first-order valence-electron chi connectivity index (χ1n) is 8.23. The van der Waals surface area contributed by atoms with Gasteiger partial charge in [0.05, 0.1) is 17.1 Å². The molecule has 1 aliphatic rings. The second-order valence-electron chi connectivity index (χ2n) is 6.19. The standard InChI is InChI=1S/C17H22ClN5O/c1-12-5-3-4-8-23(12)17(24)14-7-6-13(9-15(14)18)19-10-16-20-11-21-22(16)2/h6-7,9,11-12,19H,3-5,8,10H2,1-2H3/t12-/m0/s1. The number of hydrogen-bond donors (Lipinski definition) is 1. The number of anilines is 1. The number of benzene rings is 1. The van der Waals surface area contributed by atoms with Gasteiger partial charge in [-0.15, -0.1) is 0 Å². The fourth-order valence-corrected chi connectivity index (χ4v) is 3.28. The molecule has 7 heteroatoms. The molecule has 24 heavy (non-hydrogen) atoms. The second kappa shape index (κ2) is 7.21. The largest absolute Gasteiger partial charge is 0.378 e. The van der Waals surface area contributed by atoms with E-state index in [0.29, 0.717) is 17.1 Å². The maximum absolute atomic E-state index is 12.7. The Morgan fingerprint density at radius 2 is 2.25 bits per heavy atom. The molecule has 1 N–H and O–H groups in total. The van der Waals surface area contributed by atoms with E-state index in [-0.39, 0.29) is 11.9 Å². The summed E-state index contributed by atoms with van der Waals surface area (Å²) in [5, 5.41) is 7.76. The quantitative estimate of drug-likeness (QED) is 0.923. The SMILES string of the molecule is C[C@H]1CCCCN1C(=O)c1ccc(NCc2ncnn2C)cc1Cl. The maximum Gasteiger partial charge on any atom is 0.255 e. The number of aryl methyl sites for hydroxylation is 1. The van der Waals surface area contributed by atoms with Gasteiger partial charge in [0.1, 0.15) is 12.2 Å². The van der Waals surface area contributed by atoms with Crippen LogP contribution in [0, 0.1) is 0 Å². The Labute approximate surface area is 146 Å². The first-order valence-corrected chi connectivity index (χ1v) is 8.61. The highest BCUT2D eigenvalue weighted by Crippen LogP contribution is 2.26. The van der Waals surface area contributed by atoms with E-state index in [0.717, 1.165) is 30.9 Å². The molecule has 1 aromatic carbocycles. The monoisotopic (exact) mass is 347 g/mol. The molecule has 1 fully saturated rings. The Balaban J connectivity index is 1.70. The Hall–Kier alpha value is -2.08. The van der Waals surface area contributed by atoms with Gasteiger partial charge in [0, 0.05) is 25.3 Å². The van der Waals surface area contributed by atoms with E-state index in [1.54, 1.807) is 16.8 Å². The van der Waals surface area contributed by atoms with Gasteiger partial charge in [-0.3, -0.25) is 9.48 Å². The van der Waals surface area contributed by atoms with Crippen LogP contribution in [0.2, 0.25) is 5.02 Å². The summed E-state index contributed by atoms with van der Waals surface area (Å²) in [5.74, 6) is 0.848. The Kier molecular flexibility index (Phi) is 5.04. The van der Waals surface area contributed by atoms with Crippen LogP contribution in [0.1, 0.15) is 42.4 Å². The number of nitrogens with one attached hydrogen (secondary N) is 1. The summed E-state index contributed by atoms with van der Waals surface area (Å²) >= 11 is 6.36. The number of nitrogens with zero attached hydrogens (tertiary/aromatic N) is 4. The molecule has 1 aliphatic heterocycles. The molecule has 1 aromatic heterocycles. The van der Waals surface area contributed by atoms with Gasteiger partial charge in [-0.1, -0.05) is 11.6 Å². The molecular weight excluding hydrogens is 326 g/mol. The third-order valence-electron chi connectivity index (χ3n) is 4.52. The lowest BCUT2D eigenvalue weighted by Crippen LogP contribution is -2.42. The molecule has 2 heterocycles. The fraction of sp³-hybridized carbons (Fsp3) is 0.471. The maximum atomic E-state index is 12.7. The van der Waals surface area contributed by atoms with Crippen LogP contribution in [0.4, 0.5) is 5.69 Å². The summed E-state index contributed by atoms with van der Waals surface area (Å²) in [5.41, 5.74) is 1.42. The van der Waals surface area contributed by atoms with Gasteiger partial charge < -0.3 is 10.2 Å². The van der Waals surface area contributed by atoms with Crippen LogP contribution in [0.3, 0.4) is 0 Å². The van der Waals surface area contributed by atoms with E-state index in [1.165, 1.54) is 12.7 Å². The average molecular weight is 348 g/mol. The van der Waals surface area contributed by atoms with Gasteiger partial charge in [-0.05, 0) is 44.4 Å². The van der Waals surface area contributed by atoms with E-state index in [2.05, 4.69) is 22.3 Å².